The molecule has 0 aliphatic carbocycles. The lowest BCUT2D eigenvalue weighted by Crippen LogP contribution is -2.01. The van der Waals surface area contributed by atoms with Crippen molar-refractivity contribution in [3.8, 4) is 17.2 Å². The maximum absolute atomic E-state index is 9.98. The van der Waals surface area contributed by atoms with Gasteiger partial charge in [0, 0.05) is 11.8 Å². The van der Waals surface area contributed by atoms with Crippen LogP contribution >= 0.6 is 0 Å². The van der Waals surface area contributed by atoms with Crippen molar-refractivity contribution in [2.45, 2.75) is 20.8 Å². The Balaban J connectivity index is 2.63. The first-order valence-corrected chi connectivity index (χ1v) is 5.44. The largest absolute Gasteiger partial charge is 0.506 e. The van der Waals surface area contributed by atoms with Crippen molar-refractivity contribution < 1.29 is 9.84 Å². The van der Waals surface area contributed by atoms with Gasteiger partial charge in [0.05, 0.1) is 12.8 Å². The minimum absolute atomic E-state index is 0.203. The number of aromatic nitrogens is 2. The molecule has 0 spiro atoms. The molecule has 2 aromatic rings. The number of nitrogens with zero attached hydrogens (tertiary/aromatic N) is 2. The fourth-order valence-corrected chi connectivity index (χ4v) is 1.92. The van der Waals surface area contributed by atoms with Gasteiger partial charge in [0.2, 0.25) is 0 Å². The Bertz CT molecular complexity index is 559. The van der Waals surface area contributed by atoms with Crippen LogP contribution in [0, 0.1) is 20.8 Å². The highest BCUT2D eigenvalue weighted by Gasteiger charge is 2.11. The summed E-state index contributed by atoms with van der Waals surface area (Å²) in [6.07, 6.45) is 0. The second-order valence-corrected chi connectivity index (χ2v) is 4.15. The lowest BCUT2D eigenvalue weighted by atomic mass is 10.2. The summed E-state index contributed by atoms with van der Waals surface area (Å²) in [5.74, 6) is 0.944. The van der Waals surface area contributed by atoms with E-state index in [0.717, 1.165) is 22.7 Å². The van der Waals surface area contributed by atoms with Gasteiger partial charge in [-0.15, -0.1) is 0 Å². The quantitative estimate of drug-likeness (QED) is 0.865. The molecule has 0 radical (unpaired) electrons. The number of phenolic OH excluding ortho intramolecular Hbond substituents is 1. The van der Waals surface area contributed by atoms with E-state index in [1.165, 1.54) is 0 Å². The molecule has 0 saturated carbocycles. The predicted molar refractivity (Wildman–Crippen MR) is 66.0 cm³/mol. The number of rotatable bonds is 2. The van der Waals surface area contributed by atoms with Gasteiger partial charge >= 0.3 is 0 Å². The number of hydrogen-bond acceptors (Lipinski definition) is 3. The molecule has 1 aromatic carbocycles. The minimum Gasteiger partial charge on any atom is -0.506 e. The molecule has 17 heavy (non-hydrogen) atoms. The molecule has 0 saturated heterocycles. The summed E-state index contributed by atoms with van der Waals surface area (Å²) in [5.41, 5.74) is 3.43. The molecular weight excluding hydrogens is 216 g/mol. The van der Waals surface area contributed by atoms with Crippen LogP contribution < -0.4 is 4.74 Å². The van der Waals surface area contributed by atoms with Gasteiger partial charge in [-0.3, -0.25) is 0 Å². The first-order valence-electron chi connectivity index (χ1n) is 5.44. The van der Waals surface area contributed by atoms with E-state index in [-0.39, 0.29) is 5.75 Å². The number of aromatic hydroxyl groups is 1. The Morgan fingerprint density at radius 3 is 2.41 bits per heavy atom. The standard InChI is InChI=1S/C13H16N2O2/c1-8-5-12(16)11(7-13(8)17-4)15-10(3)6-9(2)14-15/h5-7,16H,1-4H3. The molecule has 90 valence electrons. The van der Waals surface area contributed by atoms with Crippen molar-refractivity contribution in [1.29, 1.82) is 0 Å². The number of aryl methyl sites for hydroxylation is 3. The topological polar surface area (TPSA) is 47.3 Å². The zero-order valence-corrected chi connectivity index (χ0v) is 10.5. The number of methoxy groups -OCH3 is 1. The van der Waals surface area contributed by atoms with E-state index in [1.807, 2.05) is 26.8 Å². The van der Waals surface area contributed by atoms with Crippen molar-refractivity contribution in [3.05, 3.63) is 35.2 Å². The van der Waals surface area contributed by atoms with Crippen molar-refractivity contribution in [2.24, 2.45) is 0 Å². The van der Waals surface area contributed by atoms with Crippen molar-refractivity contribution in [1.82, 2.24) is 9.78 Å². The summed E-state index contributed by atoms with van der Waals surface area (Å²) >= 11 is 0. The van der Waals surface area contributed by atoms with Crippen LogP contribution in [0.15, 0.2) is 18.2 Å². The van der Waals surface area contributed by atoms with Crippen LogP contribution in [0.3, 0.4) is 0 Å². The number of phenols is 1. The van der Waals surface area contributed by atoms with E-state index in [0.29, 0.717) is 5.69 Å². The summed E-state index contributed by atoms with van der Waals surface area (Å²) in [6.45, 7) is 5.77. The monoisotopic (exact) mass is 232 g/mol. The minimum atomic E-state index is 0.203. The Labute approximate surface area is 100 Å². The fourth-order valence-electron chi connectivity index (χ4n) is 1.92. The average molecular weight is 232 g/mol. The van der Waals surface area contributed by atoms with Gasteiger partial charge in [0.1, 0.15) is 17.2 Å². The van der Waals surface area contributed by atoms with E-state index in [2.05, 4.69) is 5.10 Å². The van der Waals surface area contributed by atoms with Crippen molar-refractivity contribution in [2.75, 3.05) is 7.11 Å². The van der Waals surface area contributed by atoms with Gasteiger partial charge in [-0.2, -0.15) is 5.10 Å². The first kappa shape index (κ1) is 11.5. The number of hydrogen-bond donors (Lipinski definition) is 1. The van der Waals surface area contributed by atoms with Crippen molar-refractivity contribution >= 4 is 0 Å². The molecule has 1 heterocycles. The predicted octanol–water partition coefficient (Wildman–Crippen LogP) is 2.51. The molecule has 4 nitrogen and oxygen atoms in total. The molecule has 0 aliphatic heterocycles. The van der Waals surface area contributed by atoms with E-state index in [1.54, 1.807) is 23.9 Å². The van der Waals surface area contributed by atoms with Crippen LogP contribution in [0.5, 0.6) is 11.5 Å². The Hall–Kier alpha value is -1.97. The van der Waals surface area contributed by atoms with Crippen LogP contribution in [0.4, 0.5) is 0 Å². The third-order valence-electron chi connectivity index (χ3n) is 2.73. The van der Waals surface area contributed by atoms with Gasteiger partial charge < -0.3 is 9.84 Å². The molecule has 0 bridgehead atoms. The highest BCUT2D eigenvalue weighted by Crippen LogP contribution is 2.30. The average Bonchev–Trinajstić information content (AvgIpc) is 2.58. The van der Waals surface area contributed by atoms with Crippen LogP contribution in [-0.4, -0.2) is 22.0 Å². The molecule has 1 N–H and O–H groups in total. The Morgan fingerprint density at radius 1 is 1.18 bits per heavy atom. The maximum Gasteiger partial charge on any atom is 0.141 e. The number of benzene rings is 1. The second kappa shape index (κ2) is 4.13. The van der Waals surface area contributed by atoms with Crippen molar-refractivity contribution in [3.63, 3.8) is 0 Å². The van der Waals surface area contributed by atoms with Gasteiger partial charge in [0.15, 0.2) is 0 Å². The zero-order valence-electron chi connectivity index (χ0n) is 10.5. The first-order chi connectivity index (χ1) is 8.02. The van der Waals surface area contributed by atoms with Crippen LogP contribution in [0.25, 0.3) is 5.69 Å². The van der Waals surface area contributed by atoms with E-state index in [9.17, 15) is 5.11 Å². The fraction of sp³-hybridized carbons (Fsp3) is 0.308. The maximum atomic E-state index is 9.98. The molecule has 0 aliphatic rings. The lowest BCUT2D eigenvalue weighted by molar-refractivity contribution is 0.408. The lowest BCUT2D eigenvalue weighted by Gasteiger charge is -2.11. The van der Waals surface area contributed by atoms with Gasteiger partial charge in [-0.1, -0.05) is 0 Å². The van der Waals surface area contributed by atoms with E-state index >= 15 is 0 Å². The molecule has 0 atom stereocenters. The van der Waals surface area contributed by atoms with Gasteiger partial charge in [-0.25, -0.2) is 4.68 Å². The zero-order chi connectivity index (χ0) is 12.6. The molecule has 0 unspecified atom stereocenters. The molecule has 4 heteroatoms. The van der Waals surface area contributed by atoms with Gasteiger partial charge in [-0.05, 0) is 38.5 Å². The highest BCUT2D eigenvalue weighted by molar-refractivity contribution is 5.54. The molecule has 0 fully saturated rings. The molecule has 0 amide bonds. The Morgan fingerprint density at radius 2 is 1.88 bits per heavy atom. The summed E-state index contributed by atoms with van der Waals surface area (Å²) < 4.78 is 6.97. The highest BCUT2D eigenvalue weighted by atomic mass is 16.5. The number of ether oxygens (including phenoxy) is 1. The van der Waals surface area contributed by atoms with Crippen LogP contribution in [0.1, 0.15) is 17.0 Å². The third-order valence-corrected chi connectivity index (χ3v) is 2.73. The molecule has 2 rings (SSSR count). The van der Waals surface area contributed by atoms with Crippen LogP contribution in [-0.2, 0) is 0 Å². The second-order valence-electron chi connectivity index (χ2n) is 4.15. The molecule has 1 aromatic heterocycles. The van der Waals surface area contributed by atoms with Gasteiger partial charge in [0.25, 0.3) is 0 Å². The third kappa shape index (κ3) is 1.98. The Kier molecular flexibility index (Phi) is 2.79. The van der Waals surface area contributed by atoms with E-state index < -0.39 is 0 Å². The summed E-state index contributed by atoms with van der Waals surface area (Å²) in [7, 11) is 1.62. The summed E-state index contributed by atoms with van der Waals surface area (Å²) in [5, 5.41) is 14.3. The van der Waals surface area contributed by atoms with Crippen LogP contribution in [0.2, 0.25) is 0 Å². The molecular formula is C13H16N2O2. The van der Waals surface area contributed by atoms with E-state index in [4.69, 9.17) is 4.74 Å². The summed E-state index contributed by atoms with van der Waals surface area (Å²) in [4.78, 5) is 0. The normalized spacial score (nSPS) is 10.6. The summed E-state index contributed by atoms with van der Waals surface area (Å²) in [6, 6.07) is 5.44. The SMILES string of the molecule is COc1cc(-n2nc(C)cc2C)c(O)cc1C. The smallest absolute Gasteiger partial charge is 0.141 e.